The fraction of sp³-hybridized carbons (Fsp3) is 0.400. The molecule has 0 aromatic heterocycles. The van der Waals surface area contributed by atoms with Crippen molar-refractivity contribution in [3.8, 4) is 5.75 Å². The second kappa shape index (κ2) is 3.90. The molecule has 0 bridgehead atoms. The molecule has 1 rings (SSSR count). The first-order valence-electron chi connectivity index (χ1n) is 4.23. The third kappa shape index (κ3) is 2.19. The van der Waals surface area contributed by atoms with Crippen molar-refractivity contribution in [2.24, 2.45) is 0 Å². The molecule has 1 aromatic rings. The number of hydrogen-bond acceptors (Lipinski definition) is 1. The van der Waals surface area contributed by atoms with Crippen LogP contribution in [0, 0.1) is 0 Å². The van der Waals surface area contributed by atoms with E-state index in [0.717, 1.165) is 11.6 Å². The summed E-state index contributed by atoms with van der Waals surface area (Å²) in [5.41, 5.74) is 0.104. The van der Waals surface area contributed by atoms with Gasteiger partial charge in [0.2, 0.25) is 0 Å². The molecule has 0 spiro atoms. The second-order valence-corrected chi connectivity index (χ2v) is 2.89. The number of alkyl halides is 3. The molecule has 0 aliphatic rings. The van der Waals surface area contributed by atoms with Crippen LogP contribution >= 0.6 is 0 Å². The summed E-state index contributed by atoms with van der Waals surface area (Å²) in [7, 11) is 1.24. The second-order valence-electron chi connectivity index (χ2n) is 2.89. The standard InChI is InChI=1S/C10H11F3O/c1-3-7-4-5-8(10(11,12)13)9(6-7)14-2/h4-6H,3H2,1-2H3. The van der Waals surface area contributed by atoms with E-state index >= 15 is 0 Å². The highest BCUT2D eigenvalue weighted by atomic mass is 19.4. The zero-order valence-corrected chi connectivity index (χ0v) is 7.98. The van der Waals surface area contributed by atoms with Gasteiger partial charge in [0.15, 0.2) is 0 Å². The molecular formula is C10H11F3O. The third-order valence-corrected chi connectivity index (χ3v) is 1.98. The molecule has 0 saturated heterocycles. The molecule has 0 unspecified atom stereocenters. The average Bonchev–Trinajstić information content (AvgIpc) is 2.15. The molecule has 0 atom stereocenters. The number of aryl methyl sites for hydroxylation is 1. The van der Waals surface area contributed by atoms with Gasteiger partial charge in [0.25, 0.3) is 0 Å². The molecule has 78 valence electrons. The molecule has 0 N–H and O–H groups in total. The lowest BCUT2D eigenvalue weighted by atomic mass is 10.1. The van der Waals surface area contributed by atoms with Crippen molar-refractivity contribution in [1.82, 2.24) is 0 Å². The van der Waals surface area contributed by atoms with Crippen LogP contribution in [0.25, 0.3) is 0 Å². The van der Waals surface area contributed by atoms with Crippen molar-refractivity contribution in [3.05, 3.63) is 29.3 Å². The lowest BCUT2D eigenvalue weighted by Gasteiger charge is -2.12. The lowest BCUT2D eigenvalue weighted by Crippen LogP contribution is -2.07. The Morgan fingerprint density at radius 2 is 1.93 bits per heavy atom. The molecular weight excluding hydrogens is 193 g/mol. The molecule has 1 nitrogen and oxygen atoms in total. The number of rotatable bonds is 2. The Morgan fingerprint density at radius 1 is 1.29 bits per heavy atom. The Hall–Kier alpha value is -1.19. The van der Waals surface area contributed by atoms with Gasteiger partial charge >= 0.3 is 6.18 Å². The van der Waals surface area contributed by atoms with Crippen LogP contribution < -0.4 is 4.74 Å². The van der Waals surface area contributed by atoms with E-state index in [1.807, 2.05) is 6.92 Å². The maximum atomic E-state index is 12.4. The molecule has 0 saturated carbocycles. The Morgan fingerprint density at radius 3 is 2.36 bits per heavy atom. The van der Waals surface area contributed by atoms with Gasteiger partial charge in [0, 0.05) is 0 Å². The molecule has 0 aliphatic carbocycles. The maximum absolute atomic E-state index is 12.4. The van der Waals surface area contributed by atoms with E-state index in [1.54, 1.807) is 0 Å². The molecule has 0 amide bonds. The summed E-state index contributed by atoms with van der Waals surface area (Å²) in [6.07, 6.45) is -3.66. The molecule has 4 heteroatoms. The predicted molar refractivity (Wildman–Crippen MR) is 47.4 cm³/mol. The molecule has 0 fully saturated rings. The van der Waals surface area contributed by atoms with Gasteiger partial charge in [-0.05, 0) is 24.1 Å². The summed E-state index contributed by atoms with van der Waals surface area (Å²) < 4.78 is 41.9. The van der Waals surface area contributed by atoms with Gasteiger partial charge < -0.3 is 4.74 Å². The van der Waals surface area contributed by atoms with Gasteiger partial charge in [0.1, 0.15) is 5.75 Å². The fourth-order valence-corrected chi connectivity index (χ4v) is 1.19. The molecule has 14 heavy (non-hydrogen) atoms. The predicted octanol–water partition coefficient (Wildman–Crippen LogP) is 3.28. The quantitative estimate of drug-likeness (QED) is 0.718. The van der Waals surface area contributed by atoms with Crippen LogP contribution in [-0.2, 0) is 12.6 Å². The van der Waals surface area contributed by atoms with Gasteiger partial charge in [0.05, 0.1) is 12.7 Å². The van der Waals surface area contributed by atoms with E-state index in [-0.39, 0.29) is 5.75 Å². The highest BCUT2D eigenvalue weighted by Gasteiger charge is 2.34. The number of benzene rings is 1. The summed E-state index contributed by atoms with van der Waals surface area (Å²) in [5.74, 6) is -0.114. The summed E-state index contributed by atoms with van der Waals surface area (Å²) in [5, 5.41) is 0. The summed E-state index contributed by atoms with van der Waals surface area (Å²) in [6.45, 7) is 1.88. The van der Waals surface area contributed by atoms with Gasteiger partial charge in [-0.2, -0.15) is 13.2 Å². The van der Waals surface area contributed by atoms with E-state index in [0.29, 0.717) is 6.42 Å². The number of ether oxygens (including phenoxy) is 1. The average molecular weight is 204 g/mol. The topological polar surface area (TPSA) is 9.23 Å². The van der Waals surface area contributed by atoms with E-state index in [4.69, 9.17) is 4.74 Å². The van der Waals surface area contributed by atoms with Crippen molar-refractivity contribution in [1.29, 1.82) is 0 Å². The van der Waals surface area contributed by atoms with Crippen molar-refractivity contribution >= 4 is 0 Å². The fourth-order valence-electron chi connectivity index (χ4n) is 1.19. The van der Waals surface area contributed by atoms with Gasteiger partial charge in [-0.1, -0.05) is 13.0 Å². The largest absolute Gasteiger partial charge is 0.496 e. The first-order chi connectivity index (χ1) is 6.49. The molecule has 0 aliphatic heterocycles. The Kier molecular flexibility index (Phi) is 3.03. The SMILES string of the molecule is CCc1ccc(C(F)(F)F)c(OC)c1. The maximum Gasteiger partial charge on any atom is 0.419 e. The van der Waals surface area contributed by atoms with E-state index in [9.17, 15) is 13.2 Å². The first kappa shape index (κ1) is 10.9. The van der Waals surface area contributed by atoms with Gasteiger partial charge in [-0.25, -0.2) is 0 Å². The molecule has 1 aromatic carbocycles. The van der Waals surface area contributed by atoms with Crippen LogP contribution in [-0.4, -0.2) is 7.11 Å². The number of halogens is 3. The minimum atomic E-state index is -4.35. The van der Waals surface area contributed by atoms with E-state index in [2.05, 4.69) is 0 Å². The van der Waals surface area contributed by atoms with Crippen LogP contribution in [0.15, 0.2) is 18.2 Å². The lowest BCUT2D eigenvalue weighted by molar-refractivity contribution is -0.138. The van der Waals surface area contributed by atoms with E-state index in [1.165, 1.54) is 19.2 Å². The van der Waals surface area contributed by atoms with Crippen LogP contribution in [0.5, 0.6) is 5.75 Å². The van der Waals surface area contributed by atoms with Crippen LogP contribution in [0.1, 0.15) is 18.1 Å². The number of methoxy groups -OCH3 is 1. The minimum absolute atomic E-state index is 0.114. The van der Waals surface area contributed by atoms with Crippen molar-refractivity contribution in [2.75, 3.05) is 7.11 Å². The normalized spacial score (nSPS) is 11.5. The molecule has 0 radical (unpaired) electrons. The Balaban J connectivity index is 3.18. The summed E-state index contributed by atoms with van der Waals surface area (Å²) >= 11 is 0. The highest BCUT2D eigenvalue weighted by Crippen LogP contribution is 2.36. The molecule has 0 heterocycles. The van der Waals surface area contributed by atoms with Crippen LogP contribution in [0.4, 0.5) is 13.2 Å². The van der Waals surface area contributed by atoms with Crippen molar-refractivity contribution in [3.63, 3.8) is 0 Å². The van der Waals surface area contributed by atoms with Crippen LogP contribution in [0.2, 0.25) is 0 Å². The smallest absolute Gasteiger partial charge is 0.419 e. The Labute approximate surface area is 80.5 Å². The van der Waals surface area contributed by atoms with Crippen molar-refractivity contribution < 1.29 is 17.9 Å². The first-order valence-corrected chi connectivity index (χ1v) is 4.23. The van der Waals surface area contributed by atoms with E-state index < -0.39 is 11.7 Å². The monoisotopic (exact) mass is 204 g/mol. The summed E-state index contributed by atoms with van der Waals surface area (Å²) in [6, 6.07) is 3.94. The Bertz CT molecular complexity index is 318. The number of hydrogen-bond donors (Lipinski definition) is 0. The van der Waals surface area contributed by atoms with Crippen molar-refractivity contribution in [2.45, 2.75) is 19.5 Å². The summed E-state index contributed by atoms with van der Waals surface area (Å²) in [4.78, 5) is 0. The van der Waals surface area contributed by atoms with Gasteiger partial charge in [-0.3, -0.25) is 0 Å². The highest BCUT2D eigenvalue weighted by molar-refractivity contribution is 5.39. The van der Waals surface area contributed by atoms with Gasteiger partial charge in [-0.15, -0.1) is 0 Å². The zero-order chi connectivity index (χ0) is 10.8. The minimum Gasteiger partial charge on any atom is -0.496 e. The zero-order valence-electron chi connectivity index (χ0n) is 7.98. The third-order valence-electron chi connectivity index (χ3n) is 1.98. The van der Waals surface area contributed by atoms with Crippen LogP contribution in [0.3, 0.4) is 0 Å².